The molecule has 0 spiro atoms. The molecule has 37 heavy (non-hydrogen) atoms. The average molecular weight is 522 g/mol. The Morgan fingerprint density at radius 2 is 1.95 bits per heavy atom. The van der Waals surface area contributed by atoms with E-state index in [-0.39, 0.29) is 17.2 Å². The predicted molar refractivity (Wildman–Crippen MR) is 145 cm³/mol. The Morgan fingerprint density at radius 3 is 2.65 bits per heavy atom. The molecule has 0 radical (unpaired) electrons. The van der Waals surface area contributed by atoms with Gasteiger partial charge in [-0.05, 0) is 81.5 Å². The zero-order valence-electron chi connectivity index (χ0n) is 21.1. The molecule has 0 aliphatic heterocycles. The number of amides is 1. The van der Waals surface area contributed by atoms with E-state index >= 15 is 0 Å². The van der Waals surface area contributed by atoms with Crippen LogP contribution >= 0.6 is 11.8 Å². The van der Waals surface area contributed by atoms with Gasteiger partial charge in [0.25, 0.3) is 5.56 Å². The summed E-state index contributed by atoms with van der Waals surface area (Å²) in [5.74, 6) is 0.0953. The van der Waals surface area contributed by atoms with E-state index in [0.29, 0.717) is 40.5 Å². The smallest absolute Gasteiger partial charge is 0.337 e. The van der Waals surface area contributed by atoms with Gasteiger partial charge in [-0.15, -0.1) is 0 Å². The second-order valence-corrected chi connectivity index (χ2v) is 9.67. The number of thioether (sulfide) groups is 1. The summed E-state index contributed by atoms with van der Waals surface area (Å²) in [6.45, 7) is 2.96. The van der Waals surface area contributed by atoms with E-state index in [2.05, 4.69) is 11.4 Å². The Morgan fingerprint density at radius 1 is 1.14 bits per heavy atom. The molecule has 1 amide bonds. The number of allylic oxidation sites excluding steroid dienone is 2. The molecule has 1 aliphatic rings. The van der Waals surface area contributed by atoms with Crippen molar-refractivity contribution in [3.63, 3.8) is 0 Å². The number of aromatic nitrogens is 2. The Labute approximate surface area is 220 Å². The van der Waals surface area contributed by atoms with Crippen LogP contribution in [0.3, 0.4) is 0 Å². The second kappa shape index (κ2) is 12.6. The van der Waals surface area contributed by atoms with Gasteiger partial charge in [0.15, 0.2) is 5.16 Å². The number of carbonyl (C=O) groups excluding carboxylic acids is 2. The molecule has 2 aromatic carbocycles. The zero-order valence-corrected chi connectivity index (χ0v) is 21.9. The molecule has 9 heteroatoms. The number of rotatable bonds is 10. The number of nitrogens with one attached hydrogen (secondary N) is 1. The Kier molecular flexibility index (Phi) is 9.00. The summed E-state index contributed by atoms with van der Waals surface area (Å²) in [6, 6.07) is 11.9. The molecule has 4 rings (SSSR count). The minimum Gasteiger partial charge on any atom is -0.494 e. The molecule has 0 saturated heterocycles. The van der Waals surface area contributed by atoms with Crippen molar-refractivity contribution >= 4 is 40.2 Å². The average Bonchev–Trinajstić information content (AvgIpc) is 2.92. The van der Waals surface area contributed by atoms with Crippen LogP contribution in [0.4, 0.5) is 5.69 Å². The lowest BCUT2D eigenvalue weighted by molar-refractivity contribution is -0.113. The van der Waals surface area contributed by atoms with Crippen LogP contribution in [-0.4, -0.2) is 40.9 Å². The van der Waals surface area contributed by atoms with E-state index in [9.17, 15) is 14.4 Å². The van der Waals surface area contributed by atoms with Crippen molar-refractivity contribution < 1.29 is 19.1 Å². The number of hydrogen-bond donors (Lipinski definition) is 1. The topological polar surface area (TPSA) is 99.5 Å². The third-order valence-corrected chi connectivity index (χ3v) is 7.14. The Hall–Kier alpha value is -3.59. The Balaban J connectivity index is 1.56. The maximum Gasteiger partial charge on any atom is 0.337 e. The number of anilines is 1. The lowest BCUT2D eigenvalue weighted by Gasteiger charge is -2.16. The summed E-state index contributed by atoms with van der Waals surface area (Å²) in [6.07, 6.45) is 7.52. The molecule has 0 unspecified atom stereocenters. The first-order valence-electron chi connectivity index (χ1n) is 12.4. The van der Waals surface area contributed by atoms with Crippen LogP contribution in [0.5, 0.6) is 5.75 Å². The Bertz CT molecular complexity index is 1360. The summed E-state index contributed by atoms with van der Waals surface area (Å²) in [5.41, 5.74) is 2.53. The summed E-state index contributed by atoms with van der Waals surface area (Å²) in [7, 11) is 1.31. The van der Waals surface area contributed by atoms with Gasteiger partial charge in [0.1, 0.15) is 5.75 Å². The third kappa shape index (κ3) is 6.80. The highest BCUT2D eigenvalue weighted by molar-refractivity contribution is 7.99. The number of methoxy groups -OCH3 is 1. The van der Waals surface area contributed by atoms with Gasteiger partial charge in [0.05, 0.1) is 35.9 Å². The van der Waals surface area contributed by atoms with Gasteiger partial charge in [-0.25, -0.2) is 9.78 Å². The van der Waals surface area contributed by atoms with Crippen LogP contribution in [0.2, 0.25) is 0 Å². The fourth-order valence-corrected chi connectivity index (χ4v) is 5.09. The summed E-state index contributed by atoms with van der Waals surface area (Å²) >= 11 is 1.20. The van der Waals surface area contributed by atoms with Crippen molar-refractivity contribution in [2.24, 2.45) is 0 Å². The second-order valence-electron chi connectivity index (χ2n) is 8.73. The van der Waals surface area contributed by atoms with Crippen molar-refractivity contribution in [2.45, 2.75) is 50.7 Å². The molecular formula is C28H31N3O5S. The first kappa shape index (κ1) is 26.5. The van der Waals surface area contributed by atoms with Crippen LogP contribution in [0.15, 0.2) is 64.1 Å². The van der Waals surface area contributed by atoms with Crippen molar-refractivity contribution in [1.29, 1.82) is 0 Å². The molecule has 1 N–H and O–H groups in total. The first-order valence-corrected chi connectivity index (χ1v) is 13.4. The monoisotopic (exact) mass is 521 g/mol. The molecule has 0 atom stereocenters. The number of hydrogen-bond acceptors (Lipinski definition) is 7. The lowest BCUT2D eigenvalue weighted by Crippen LogP contribution is -2.25. The molecule has 0 fully saturated rings. The van der Waals surface area contributed by atoms with E-state index in [0.717, 1.165) is 25.0 Å². The third-order valence-electron chi connectivity index (χ3n) is 6.16. The molecule has 1 aliphatic carbocycles. The minimum absolute atomic E-state index is 0.0740. The quantitative estimate of drug-likeness (QED) is 0.169. The maximum atomic E-state index is 13.5. The highest BCUT2D eigenvalue weighted by atomic mass is 32.2. The summed E-state index contributed by atoms with van der Waals surface area (Å²) in [5, 5.41) is 3.73. The molecule has 8 nitrogen and oxygen atoms in total. The molecule has 1 aromatic heterocycles. The largest absolute Gasteiger partial charge is 0.494 e. The minimum atomic E-state index is -0.499. The SMILES string of the molecule is CCOc1ccc(NC(=O)CSc2nc3cc(C(=O)OC)ccc3c(=O)n2CCC2=CCCCC2)cc1. The van der Waals surface area contributed by atoms with Gasteiger partial charge >= 0.3 is 5.97 Å². The van der Waals surface area contributed by atoms with E-state index < -0.39 is 5.97 Å². The van der Waals surface area contributed by atoms with Crippen molar-refractivity contribution in [3.05, 3.63) is 70.0 Å². The normalized spacial score (nSPS) is 13.2. The van der Waals surface area contributed by atoms with Crippen LogP contribution in [-0.2, 0) is 16.1 Å². The molecular weight excluding hydrogens is 490 g/mol. The highest BCUT2D eigenvalue weighted by Crippen LogP contribution is 2.24. The molecule has 3 aromatic rings. The van der Waals surface area contributed by atoms with Crippen molar-refractivity contribution in [2.75, 3.05) is 24.8 Å². The van der Waals surface area contributed by atoms with Gasteiger partial charge in [-0.3, -0.25) is 14.2 Å². The number of nitrogens with zero attached hydrogens (tertiary/aromatic N) is 2. The molecule has 0 saturated carbocycles. The fraction of sp³-hybridized carbons (Fsp3) is 0.357. The van der Waals surface area contributed by atoms with E-state index in [4.69, 9.17) is 14.5 Å². The van der Waals surface area contributed by atoms with Gasteiger partial charge < -0.3 is 14.8 Å². The number of ether oxygens (including phenoxy) is 2. The van der Waals surface area contributed by atoms with Gasteiger partial charge in [-0.1, -0.05) is 23.4 Å². The maximum absolute atomic E-state index is 13.5. The van der Waals surface area contributed by atoms with E-state index in [1.807, 2.05) is 6.92 Å². The zero-order chi connectivity index (χ0) is 26.2. The first-order chi connectivity index (χ1) is 18.0. The van der Waals surface area contributed by atoms with Crippen LogP contribution < -0.4 is 15.6 Å². The van der Waals surface area contributed by atoms with Gasteiger partial charge in [0, 0.05) is 12.2 Å². The number of fused-ring (bicyclic) bond motifs is 1. The fourth-order valence-electron chi connectivity index (χ4n) is 4.27. The van der Waals surface area contributed by atoms with Crippen LogP contribution in [0, 0.1) is 0 Å². The predicted octanol–water partition coefficient (Wildman–Crippen LogP) is 5.20. The molecule has 0 bridgehead atoms. The van der Waals surface area contributed by atoms with Crippen molar-refractivity contribution in [3.8, 4) is 5.75 Å². The standard InChI is InChI=1S/C28H31N3O5S/c1-3-36-22-12-10-21(11-13-22)29-25(32)18-37-28-30-24-17-20(27(34)35-2)9-14-23(24)26(33)31(28)16-15-19-7-5-4-6-8-19/h7,9-14,17H,3-6,8,15-16,18H2,1-2H3,(H,29,32). The van der Waals surface area contributed by atoms with E-state index in [1.54, 1.807) is 47.0 Å². The van der Waals surface area contributed by atoms with E-state index in [1.165, 1.54) is 37.3 Å². The summed E-state index contributed by atoms with van der Waals surface area (Å²) in [4.78, 5) is 42.9. The number of benzene rings is 2. The van der Waals surface area contributed by atoms with Gasteiger partial charge in [0.2, 0.25) is 5.91 Å². The van der Waals surface area contributed by atoms with Crippen molar-refractivity contribution in [1.82, 2.24) is 9.55 Å². The highest BCUT2D eigenvalue weighted by Gasteiger charge is 2.16. The van der Waals surface area contributed by atoms with Crippen LogP contribution in [0.25, 0.3) is 10.9 Å². The molecule has 1 heterocycles. The lowest BCUT2D eigenvalue weighted by atomic mass is 9.97. The van der Waals surface area contributed by atoms with Gasteiger partial charge in [-0.2, -0.15) is 0 Å². The number of esters is 1. The summed E-state index contributed by atoms with van der Waals surface area (Å²) < 4.78 is 11.9. The molecule has 194 valence electrons. The number of carbonyl (C=O) groups is 2. The van der Waals surface area contributed by atoms with Crippen LogP contribution in [0.1, 0.15) is 49.4 Å².